The van der Waals surface area contributed by atoms with Gasteiger partial charge in [0.25, 0.3) is 0 Å². The van der Waals surface area contributed by atoms with E-state index in [4.69, 9.17) is 0 Å². The maximum Gasteiger partial charge on any atom is 0.219 e. The predicted octanol–water partition coefficient (Wildman–Crippen LogP) is 6.12. The van der Waals surface area contributed by atoms with E-state index in [0.717, 1.165) is 27.9 Å². The Labute approximate surface area is 188 Å². The van der Waals surface area contributed by atoms with E-state index in [0.29, 0.717) is 10.8 Å². The molecule has 0 spiro atoms. The third kappa shape index (κ3) is 5.38. The maximum absolute atomic E-state index is 13.3. The highest BCUT2D eigenvalue weighted by Gasteiger charge is 2.26. The minimum absolute atomic E-state index is 0.100. The van der Waals surface area contributed by atoms with Crippen molar-refractivity contribution in [2.24, 2.45) is 0 Å². The molecule has 158 valence electrons. The Morgan fingerprint density at radius 3 is 2.19 bits per heavy atom. The molecule has 3 aromatic carbocycles. The van der Waals surface area contributed by atoms with Gasteiger partial charge in [-0.05, 0) is 49.6 Å². The number of aryl methyl sites for hydroxylation is 3. The molecule has 3 rings (SSSR count). The van der Waals surface area contributed by atoms with E-state index in [1.165, 1.54) is 23.9 Å². The summed E-state index contributed by atoms with van der Waals surface area (Å²) in [5.41, 5.74) is 4.94. The van der Waals surface area contributed by atoms with Gasteiger partial charge in [0, 0.05) is 11.4 Å². The van der Waals surface area contributed by atoms with E-state index in [1.54, 1.807) is 18.2 Å². The smallest absolute Gasteiger partial charge is 0.219 e. The third-order valence-electron chi connectivity index (χ3n) is 4.82. The van der Waals surface area contributed by atoms with Gasteiger partial charge in [-0.25, -0.2) is 8.42 Å². The predicted molar refractivity (Wildman–Crippen MR) is 128 cm³/mol. The third-order valence-corrected chi connectivity index (χ3v) is 7.74. The Bertz CT molecular complexity index is 1240. The van der Waals surface area contributed by atoms with Gasteiger partial charge in [0.2, 0.25) is 9.84 Å². The van der Waals surface area contributed by atoms with Gasteiger partial charge in [0.1, 0.15) is 11.1 Å². The second kappa shape index (κ2) is 9.86. The highest BCUT2D eigenvalue weighted by Crippen LogP contribution is 2.33. The highest BCUT2D eigenvalue weighted by molar-refractivity contribution is 8.04. The quantitative estimate of drug-likeness (QED) is 0.441. The minimum atomic E-state index is -3.97. The Balaban J connectivity index is 2.09. The fourth-order valence-electron chi connectivity index (χ4n) is 3.19. The van der Waals surface area contributed by atoms with Crippen LogP contribution in [0.3, 0.4) is 0 Å². The first-order valence-corrected chi connectivity index (χ1v) is 12.3. The molecule has 0 bridgehead atoms. The zero-order chi connectivity index (χ0) is 22.4. The normalized spacial score (nSPS) is 12.1. The van der Waals surface area contributed by atoms with E-state index in [-0.39, 0.29) is 9.80 Å². The van der Waals surface area contributed by atoms with Crippen molar-refractivity contribution in [2.75, 3.05) is 5.32 Å². The van der Waals surface area contributed by atoms with Crippen LogP contribution in [-0.2, 0) is 15.6 Å². The van der Waals surface area contributed by atoms with Crippen molar-refractivity contribution in [3.8, 4) is 6.07 Å². The molecule has 0 aromatic heterocycles. The summed E-state index contributed by atoms with van der Waals surface area (Å²) in [4.78, 5) is -0.178. The fraction of sp³-hybridized carbons (Fsp3) is 0.160. The molecule has 0 aliphatic heterocycles. The van der Waals surface area contributed by atoms with Crippen LogP contribution >= 0.6 is 11.8 Å². The first-order valence-electron chi connectivity index (χ1n) is 9.79. The number of nitriles is 1. The van der Waals surface area contributed by atoms with Crippen molar-refractivity contribution in [1.82, 2.24) is 0 Å². The lowest BCUT2D eigenvalue weighted by Crippen LogP contribution is -2.11. The summed E-state index contributed by atoms with van der Waals surface area (Å²) in [7, 11) is -3.97. The second-order valence-corrected chi connectivity index (χ2v) is 10.1. The molecule has 0 fully saturated rings. The monoisotopic (exact) mass is 448 g/mol. The van der Waals surface area contributed by atoms with Crippen molar-refractivity contribution in [3.63, 3.8) is 0 Å². The Morgan fingerprint density at radius 2 is 1.58 bits per heavy atom. The average Bonchev–Trinajstić information content (AvgIpc) is 2.75. The van der Waals surface area contributed by atoms with Gasteiger partial charge >= 0.3 is 0 Å². The number of para-hydroxylation sites is 1. The van der Waals surface area contributed by atoms with Gasteiger partial charge < -0.3 is 5.32 Å². The molecule has 0 atom stereocenters. The number of nitrogens with zero attached hydrogens (tertiary/aromatic N) is 1. The van der Waals surface area contributed by atoms with Crippen LogP contribution in [0.25, 0.3) is 0 Å². The minimum Gasteiger partial charge on any atom is -0.348 e. The summed E-state index contributed by atoms with van der Waals surface area (Å²) in [5, 5.41) is 13.5. The van der Waals surface area contributed by atoms with Crippen molar-refractivity contribution < 1.29 is 8.42 Å². The van der Waals surface area contributed by atoms with Crippen LogP contribution < -0.4 is 5.32 Å². The van der Waals surface area contributed by atoms with Crippen molar-refractivity contribution in [1.29, 1.82) is 5.26 Å². The topological polar surface area (TPSA) is 70.0 Å². The van der Waals surface area contributed by atoms with E-state index in [1.807, 2.05) is 63.2 Å². The van der Waals surface area contributed by atoms with Crippen molar-refractivity contribution in [3.05, 3.63) is 105 Å². The van der Waals surface area contributed by atoms with E-state index in [9.17, 15) is 13.7 Å². The molecule has 3 aromatic rings. The molecule has 0 amide bonds. The standard InChI is InChI=1S/C25H24N2O2S2/c1-18-9-7-12-21(15-18)17-30-25(27-24-19(2)10-8-11-20(24)3)23(16-26)31(28,29)22-13-5-4-6-14-22/h4-15,27H,17H2,1-3H3/b25-23+. The molecule has 0 saturated heterocycles. The molecule has 0 aliphatic carbocycles. The molecule has 0 saturated carbocycles. The van der Waals surface area contributed by atoms with Crippen LogP contribution in [0, 0.1) is 32.1 Å². The first kappa shape index (κ1) is 22.7. The van der Waals surface area contributed by atoms with Crippen molar-refractivity contribution in [2.45, 2.75) is 31.4 Å². The Hall–Kier alpha value is -3.01. The van der Waals surface area contributed by atoms with E-state index < -0.39 is 9.84 Å². The van der Waals surface area contributed by atoms with Gasteiger partial charge in [-0.2, -0.15) is 5.26 Å². The van der Waals surface area contributed by atoms with Crippen LogP contribution in [0.15, 0.2) is 87.6 Å². The molecular formula is C25H24N2O2S2. The number of sulfone groups is 1. The molecule has 0 heterocycles. The summed E-state index contributed by atoms with van der Waals surface area (Å²) < 4.78 is 26.6. The van der Waals surface area contributed by atoms with Gasteiger partial charge in [-0.3, -0.25) is 0 Å². The van der Waals surface area contributed by atoms with E-state index >= 15 is 0 Å². The number of anilines is 1. The average molecular weight is 449 g/mol. The molecule has 4 nitrogen and oxygen atoms in total. The number of rotatable bonds is 7. The van der Waals surface area contributed by atoms with Gasteiger partial charge in [-0.15, -0.1) is 11.8 Å². The zero-order valence-corrected chi connectivity index (χ0v) is 19.3. The number of benzene rings is 3. The van der Waals surface area contributed by atoms with Crippen LogP contribution in [0.2, 0.25) is 0 Å². The summed E-state index contributed by atoms with van der Waals surface area (Å²) >= 11 is 1.32. The largest absolute Gasteiger partial charge is 0.348 e. The van der Waals surface area contributed by atoms with Crippen LogP contribution in [0.4, 0.5) is 5.69 Å². The lowest BCUT2D eigenvalue weighted by molar-refractivity contribution is 0.603. The molecular weight excluding hydrogens is 424 g/mol. The van der Waals surface area contributed by atoms with E-state index in [2.05, 4.69) is 11.4 Å². The summed E-state index contributed by atoms with van der Waals surface area (Å²) in [6.45, 7) is 5.92. The molecule has 0 radical (unpaired) electrons. The highest BCUT2D eigenvalue weighted by atomic mass is 32.2. The summed E-state index contributed by atoms with van der Waals surface area (Å²) in [6, 6.07) is 23.9. The van der Waals surface area contributed by atoms with Gasteiger partial charge in [-0.1, -0.05) is 66.2 Å². The lowest BCUT2D eigenvalue weighted by atomic mass is 10.1. The number of thioether (sulfide) groups is 1. The Morgan fingerprint density at radius 1 is 0.935 bits per heavy atom. The lowest BCUT2D eigenvalue weighted by Gasteiger charge is -2.17. The number of hydrogen-bond acceptors (Lipinski definition) is 5. The molecule has 0 unspecified atom stereocenters. The second-order valence-electron chi connectivity index (χ2n) is 7.26. The molecule has 6 heteroatoms. The van der Waals surface area contributed by atoms with Crippen molar-refractivity contribution >= 4 is 27.3 Å². The fourth-order valence-corrected chi connectivity index (χ4v) is 5.71. The molecule has 31 heavy (non-hydrogen) atoms. The first-order chi connectivity index (χ1) is 14.8. The van der Waals surface area contributed by atoms with Crippen LogP contribution in [-0.4, -0.2) is 8.42 Å². The maximum atomic E-state index is 13.3. The summed E-state index contributed by atoms with van der Waals surface area (Å²) in [6.07, 6.45) is 0. The number of hydrogen-bond donors (Lipinski definition) is 1. The SMILES string of the molecule is Cc1cccc(CS/C(Nc2c(C)cccc2C)=C(\C#N)S(=O)(=O)c2ccccc2)c1. The zero-order valence-electron chi connectivity index (χ0n) is 17.7. The Kier molecular flexibility index (Phi) is 7.21. The number of allylic oxidation sites excluding steroid dienone is 1. The summed E-state index contributed by atoms with van der Waals surface area (Å²) in [5.74, 6) is 0.532. The van der Waals surface area contributed by atoms with Crippen LogP contribution in [0.1, 0.15) is 22.3 Å². The number of nitrogens with one attached hydrogen (secondary N) is 1. The van der Waals surface area contributed by atoms with Gasteiger partial charge in [0.05, 0.1) is 4.90 Å². The van der Waals surface area contributed by atoms with Crippen LogP contribution in [0.5, 0.6) is 0 Å². The molecule has 1 N–H and O–H groups in total. The van der Waals surface area contributed by atoms with Gasteiger partial charge in [0.15, 0.2) is 4.91 Å². The molecule has 0 aliphatic rings.